The van der Waals surface area contributed by atoms with E-state index in [-0.39, 0.29) is 17.2 Å². The van der Waals surface area contributed by atoms with E-state index in [2.05, 4.69) is 15.3 Å². The van der Waals surface area contributed by atoms with Gasteiger partial charge >= 0.3 is 0 Å². The number of aromatic nitrogens is 3. The summed E-state index contributed by atoms with van der Waals surface area (Å²) in [5.41, 5.74) is 4.35. The van der Waals surface area contributed by atoms with Crippen LogP contribution in [0.1, 0.15) is 16.8 Å². The number of methoxy groups -OCH3 is 2. The summed E-state index contributed by atoms with van der Waals surface area (Å²) in [5.74, 6) is 1.17. The summed E-state index contributed by atoms with van der Waals surface area (Å²) in [7, 11) is 3.15. The molecule has 0 fully saturated rings. The second-order valence-corrected chi connectivity index (χ2v) is 8.78. The Kier molecular flexibility index (Phi) is 6.93. The summed E-state index contributed by atoms with van der Waals surface area (Å²) >= 11 is 1.22. The minimum atomic E-state index is -0.199. The number of carbonyl (C=O) groups is 1. The predicted molar refractivity (Wildman–Crippen MR) is 133 cm³/mol. The molecule has 4 rings (SSSR count). The number of carbonyl (C=O) groups excluding carboxylic acids is 1. The molecule has 1 amide bonds. The van der Waals surface area contributed by atoms with Crippen molar-refractivity contribution in [3.63, 3.8) is 0 Å². The molecule has 8 nitrogen and oxygen atoms in total. The van der Waals surface area contributed by atoms with E-state index >= 15 is 0 Å². The van der Waals surface area contributed by atoms with Crippen molar-refractivity contribution in [2.45, 2.75) is 25.5 Å². The average molecular weight is 479 g/mol. The van der Waals surface area contributed by atoms with Gasteiger partial charge in [0.05, 0.1) is 31.2 Å². The molecule has 0 bridgehead atoms. The van der Waals surface area contributed by atoms with Crippen LogP contribution in [0.4, 0.5) is 0 Å². The van der Waals surface area contributed by atoms with Crippen LogP contribution in [-0.4, -0.2) is 40.4 Å². The molecule has 0 saturated heterocycles. The van der Waals surface area contributed by atoms with E-state index in [4.69, 9.17) is 9.47 Å². The number of nitrogens with one attached hydrogen (secondary N) is 2. The van der Waals surface area contributed by atoms with Gasteiger partial charge in [-0.05, 0) is 49.7 Å². The number of H-pyrrole nitrogens is 1. The van der Waals surface area contributed by atoms with Crippen molar-refractivity contribution in [3.05, 3.63) is 75.7 Å². The average Bonchev–Trinajstić information content (AvgIpc) is 3.22. The number of aromatic amines is 1. The fourth-order valence-corrected chi connectivity index (χ4v) is 4.41. The van der Waals surface area contributed by atoms with Gasteiger partial charge in [-0.15, -0.1) is 0 Å². The first kappa shape index (κ1) is 23.4. The second kappa shape index (κ2) is 10.0. The van der Waals surface area contributed by atoms with Gasteiger partial charge in [0.1, 0.15) is 5.52 Å². The molecule has 176 valence electrons. The lowest BCUT2D eigenvalue weighted by atomic mass is 10.2. The number of amides is 1. The van der Waals surface area contributed by atoms with Crippen LogP contribution in [0.15, 0.2) is 58.5 Å². The maximum Gasteiger partial charge on any atom is 0.283 e. The van der Waals surface area contributed by atoms with Gasteiger partial charge in [-0.1, -0.05) is 35.5 Å². The quantitative estimate of drug-likeness (QED) is 0.296. The first-order valence-corrected chi connectivity index (χ1v) is 11.7. The molecule has 0 atom stereocenters. The third-order valence-corrected chi connectivity index (χ3v) is 6.26. The summed E-state index contributed by atoms with van der Waals surface area (Å²) in [6.07, 6.45) is 0. The van der Waals surface area contributed by atoms with Gasteiger partial charge in [0.2, 0.25) is 5.91 Å². The van der Waals surface area contributed by atoms with E-state index in [0.717, 1.165) is 16.8 Å². The Morgan fingerprint density at radius 3 is 2.50 bits per heavy atom. The first-order chi connectivity index (χ1) is 16.4. The standard InChI is InChI=1S/C25H26N4O4S/c1-15-5-8-18(9-6-15)29-24(31)23-19(11-16(2)27-23)28-25(29)34-14-22(30)26-13-17-7-10-20(32-3)21(12-17)33-4/h5-12,27H,13-14H2,1-4H3,(H,26,30). The van der Waals surface area contributed by atoms with Crippen LogP contribution in [0.3, 0.4) is 0 Å². The number of ether oxygens (including phenoxy) is 2. The van der Waals surface area contributed by atoms with Crippen molar-refractivity contribution in [2.24, 2.45) is 0 Å². The van der Waals surface area contributed by atoms with E-state index in [1.165, 1.54) is 11.8 Å². The maximum absolute atomic E-state index is 13.3. The first-order valence-electron chi connectivity index (χ1n) is 10.7. The van der Waals surface area contributed by atoms with Gasteiger partial charge < -0.3 is 19.8 Å². The van der Waals surface area contributed by atoms with Gasteiger partial charge in [-0.2, -0.15) is 0 Å². The van der Waals surface area contributed by atoms with Crippen molar-refractivity contribution >= 4 is 28.7 Å². The summed E-state index contributed by atoms with van der Waals surface area (Å²) < 4.78 is 12.1. The zero-order valence-corrected chi connectivity index (χ0v) is 20.3. The Labute approximate surface area is 201 Å². The number of fused-ring (bicyclic) bond motifs is 1. The molecule has 0 aliphatic rings. The summed E-state index contributed by atoms with van der Waals surface area (Å²) in [5, 5.41) is 3.36. The zero-order chi connectivity index (χ0) is 24.2. The smallest absolute Gasteiger partial charge is 0.283 e. The Morgan fingerprint density at radius 1 is 1.06 bits per heavy atom. The summed E-state index contributed by atoms with van der Waals surface area (Å²) in [6.45, 7) is 4.21. The Bertz CT molecular complexity index is 1390. The highest BCUT2D eigenvalue weighted by Gasteiger charge is 2.16. The lowest BCUT2D eigenvalue weighted by Gasteiger charge is -2.13. The Hall–Kier alpha value is -3.72. The lowest BCUT2D eigenvalue weighted by Crippen LogP contribution is -2.26. The van der Waals surface area contributed by atoms with Gasteiger partial charge in [0.25, 0.3) is 5.56 Å². The van der Waals surface area contributed by atoms with E-state index < -0.39 is 0 Å². The number of aryl methyl sites for hydroxylation is 2. The molecule has 0 radical (unpaired) electrons. The van der Waals surface area contributed by atoms with Gasteiger partial charge in [0, 0.05) is 12.2 Å². The van der Waals surface area contributed by atoms with Crippen LogP contribution in [-0.2, 0) is 11.3 Å². The second-order valence-electron chi connectivity index (χ2n) is 7.84. The minimum absolute atomic E-state index is 0.112. The number of thioether (sulfide) groups is 1. The number of rotatable bonds is 8. The molecule has 0 unspecified atom stereocenters. The minimum Gasteiger partial charge on any atom is -0.493 e. The molecule has 9 heteroatoms. The summed E-state index contributed by atoms with van der Waals surface area (Å²) in [4.78, 5) is 33.6. The molecule has 4 aromatic rings. The molecular formula is C25H26N4O4S. The molecule has 2 aromatic heterocycles. The van der Waals surface area contributed by atoms with Crippen molar-refractivity contribution in [1.29, 1.82) is 0 Å². The van der Waals surface area contributed by atoms with Crippen molar-refractivity contribution in [1.82, 2.24) is 19.9 Å². The number of nitrogens with zero attached hydrogens (tertiary/aromatic N) is 2. The normalized spacial score (nSPS) is 10.9. The molecule has 34 heavy (non-hydrogen) atoms. The number of benzene rings is 2. The number of hydrogen-bond acceptors (Lipinski definition) is 6. The fourth-order valence-electron chi connectivity index (χ4n) is 3.57. The Morgan fingerprint density at radius 2 is 1.79 bits per heavy atom. The summed E-state index contributed by atoms with van der Waals surface area (Å²) in [6, 6.07) is 15.0. The van der Waals surface area contributed by atoms with Crippen molar-refractivity contribution < 1.29 is 14.3 Å². The SMILES string of the molecule is COc1ccc(CNC(=O)CSc2nc3cc(C)[nH]c3c(=O)n2-c2ccc(C)cc2)cc1OC. The number of hydrogen-bond donors (Lipinski definition) is 2. The van der Waals surface area contributed by atoms with Crippen LogP contribution in [0.5, 0.6) is 11.5 Å². The van der Waals surface area contributed by atoms with Gasteiger partial charge in [0.15, 0.2) is 16.7 Å². The van der Waals surface area contributed by atoms with E-state index in [9.17, 15) is 9.59 Å². The molecule has 0 saturated carbocycles. The Balaban J connectivity index is 1.53. The molecule has 2 heterocycles. The maximum atomic E-state index is 13.3. The van der Waals surface area contributed by atoms with E-state index in [0.29, 0.717) is 39.9 Å². The zero-order valence-electron chi connectivity index (χ0n) is 19.5. The van der Waals surface area contributed by atoms with E-state index in [1.807, 2.05) is 56.3 Å². The highest BCUT2D eigenvalue weighted by atomic mass is 32.2. The van der Waals surface area contributed by atoms with Crippen LogP contribution in [0, 0.1) is 13.8 Å². The fraction of sp³-hybridized carbons (Fsp3) is 0.240. The highest BCUT2D eigenvalue weighted by Crippen LogP contribution is 2.27. The third kappa shape index (κ3) is 4.94. The molecule has 0 aliphatic carbocycles. The largest absolute Gasteiger partial charge is 0.493 e. The third-order valence-electron chi connectivity index (χ3n) is 5.32. The monoisotopic (exact) mass is 478 g/mol. The van der Waals surface area contributed by atoms with Crippen LogP contribution < -0.4 is 20.3 Å². The molecule has 2 N–H and O–H groups in total. The van der Waals surface area contributed by atoms with Gasteiger partial charge in [-0.25, -0.2) is 4.98 Å². The highest BCUT2D eigenvalue weighted by molar-refractivity contribution is 7.99. The van der Waals surface area contributed by atoms with Gasteiger partial charge in [-0.3, -0.25) is 14.2 Å². The lowest BCUT2D eigenvalue weighted by molar-refractivity contribution is -0.118. The van der Waals surface area contributed by atoms with Crippen LogP contribution in [0.2, 0.25) is 0 Å². The molecular weight excluding hydrogens is 452 g/mol. The predicted octanol–water partition coefficient (Wildman–Crippen LogP) is 3.76. The van der Waals surface area contributed by atoms with Crippen LogP contribution >= 0.6 is 11.8 Å². The molecule has 0 spiro atoms. The van der Waals surface area contributed by atoms with Crippen molar-refractivity contribution in [2.75, 3.05) is 20.0 Å². The molecule has 0 aliphatic heterocycles. The van der Waals surface area contributed by atoms with Crippen LogP contribution in [0.25, 0.3) is 16.7 Å². The molecule has 2 aromatic carbocycles. The van der Waals surface area contributed by atoms with Crippen molar-refractivity contribution in [3.8, 4) is 17.2 Å². The topological polar surface area (TPSA) is 98.2 Å². The van der Waals surface area contributed by atoms with E-state index in [1.54, 1.807) is 24.9 Å².